The minimum Gasteiger partial charge on any atom is -0.465 e. The van der Waals surface area contributed by atoms with Crippen LogP contribution in [0.15, 0.2) is 27.4 Å². The summed E-state index contributed by atoms with van der Waals surface area (Å²) in [6.45, 7) is 0.557. The lowest BCUT2D eigenvalue weighted by Crippen LogP contribution is -2.44. The molecule has 0 spiro atoms. The highest BCUT2D eigenvalue weighted by Gasteiger charge is 2.35. The molecule has 2 heterocycles. The summed E-state index contributed by atoms with van der Waals surface area (Å²) in [5.41, 5.74) is 0.514. The molecule has 106 valence electrons. The molecule has 0 bridgehead atoms. The third kappa shape index (κ3) is 2.05. The van der Waals surface area contributed by atoms with Crippen molar-refractivity contribution in [3.8, 4) is 0 Å². The second-order valence-corrected chi connectivity index (χ2v) is 5.03. The third-order valence-electron chi connectivity index (χ3n) is 3.82. The Labute approximate surface area is 113 Å². The molecule has 1 amide bonds. The Bertz CT molecular complexity index is 709. The minimum absolute atomic E-state index is 0.279. The Balaban J connectivity index is 1.90. The van der Waals surface area contributed by atoms with E-state index in [2.05, 4.69) is 4.98 Å². The average Bonchev–Trinajstić information content (AvgIpc) is 2.78. The monoisotopic (exact) mass is 278 g/mol. The number of oxazole rings is 1. The molecule has 0 radical (unpaired) electrons. The number of rotatable bonds is 1. The molecule has 0 unspecified atom stereocenters. The van der Waals surface area contributed by atoms with Crippen molar-refractivity contribution in [1.29, 1.82) is 0 Å². The quantitative estimate of drug-likeness (QED) is 0.723. The Kier molecular flexibility index (Phi) is 2.79. The number of carbonyl (C=O) groups is 1. The number of benzene rings is 1. The Morgan fingerprint density at radius 1 is 1.35 bits per heavy atom. The lowest BCUT2D eigenvalue weighted by molar-refractivity contribution is -0.0212. The average molecular weight is 278 g/mol. The summed E-state index contributed by atoms with van der Waals surface area (Å²) in [6.07, 6.45) is -0.335. The summed E-state index contributed by atoms with van der Waals surface area (Å²) in [5.74, 6) is -0.537. The van der Waals surface area contributed by atoms with Gasteiger partial charge in [-0.1, -0.05) is 6.07 Å². The fraction of sp³-hybridized carbons (Fsp3) is 0.385. The fourth-order valence-electron chi connectivity index (χ4n) is 2.59. The summed E-state index contributed by atoms with van der Waals surface area (Å²) in [5, 5.41) is 19.6. The van der Waals surface area contributed by atoms with Gasteiger partial charge in [-0.3, -0.25) is 4.98 Å². The van der Waals surface area contributed by atoms with E-state index >= 15 is 0 Å². The van der Waals surface area contributed by atoms with E-state index in [0.717, 1.165) is 0 Å². The van der Waals surface area contributed by atoms with Crippen LogP contribution in [0, 0.1) is 0 Å². The highest BCUT2D eigenvalue weighted by atomic mass is 16.4. The van der Waals surface area contributed by atoms with Crippen LogP contribution in [0.2, 0.25) is 0 Å². The van der Waals surface area contributed by atoms with Crippen molar-refractivity contribution in [2.45, 2.75) is 18.4 Å². The first-order chi connectivity index (χ1) is 9.48. The van der Waals surface area contributed by atoms with Crippen LogP contribution >= 0.6 is 0 Å². The van der Waals surface area contributed by atoms with Crippen LogP contribution in [-0.2, 0) is 5.60 Å². The molecule has 1 aromatic carbocycles. The number of hydrogen-bond donors (Lipinski definition) is 3. The van der Waals surface area contributed by atoms with Crippen molar-refractivity contribution in [3.05, 3.63) is 34.3 Å². The SMILES string of the molecule is O=C(O)N1CCC(O)(c2ccc3[nH]c(=O)oc3c2)CC1. The molecule has 7 nitrogen and oxygen atoms in total. The molecule has 1 aromatic heterocycles. The van der Waals surface area contributed by atoms with Crippen LogP contribution in [0.3, 0.4) is 0 Å². The zero-order valence-corrected chi connectivity index (χ0v) is 10.6. The Morgan fingerprint density at radius 2 is 2.05 bits per heavy atom. The molecular formula is C13H14N2O5. The van der Waals surface area contributed by atoms with Crippen molar-refractivity contribution in [2.24, 2.45) is 0 Å². The largest absolute Gasteiger partial charge is 0.465 e. The second-order valence-electron chi connectivity index (χ2n) is 5.03. The van der Waals surface area contributed by atoms with Gasteiger partial charge in [-0.05, 0) is 30.5 Å². The van der Waals surface area contributed by atoms with Crippen molar-refractivity contribution in [2.75, 3.05) is 13.1 Å². The van der Waals surface area contributed by atoms with Gasteiger partial charge >= 0.3 is 11.8 Å². The van der Waals surface area contributed by atoms with Crippen molar-refractivity contribution < 1.29 is 19.4 Å². The summed E-state index contributed by atoms with van der Waals surface area (Å²) < 4.78 is 4.98. The van der Waals surface area contributed by atoms with Gasteiger partial charge in [0.05, 0.1) is 11.1 Å². The standard InChI is InChI=1S/C13H14N2O5/c16-11-14-9-2-1-8(7-10(9)20-11)13(19)3-5-15(6-4-13)12(17)18/h1-2,7,19H,3-6H2,(H,14,16)(H,17,18). The van der Waals surface area contributed by atoms with Gasteiger partial charge < -0.3 is 19.5 Å². The Morgan fingerprint density at radius 3 is 2.70 bits per heavy atom. The van der Waals surface area contributed by atoms with Crippen LogP contribution < -0.4 is 5.76 Å². The highest BCUT2D eigenvalue weighted by molar-refractivity contribution is 5.73. The maximum absolute atomic E-state index is 11.1. The summed E-state index contributed by atoms with van der Waals surface area (Å²) in [6, 6.07) is 5.03. The number of nitrogens with one attached hydrogen (secondary N) is 1. The van der Waals surface area contributed by atoms with Gasteiger partial charge in [-0.15, -0.1) is 0 Å². The molecule has 1 aliphatic heterocycles. The number of amides is 1. The second kappa shape index (κ2) is 4.38. The summed E-state index contributed by atoms with van der Waals surface area (Å²) >= 11 is 0. The van der Waals surface area contributed by atoms with Crippen molar-refractivity contribution in [3.63, 3.8) is 0 Å². The molecule has 3 N–H and O–H groups in total. The Hall–Kier alpha value is -2.28. The van der Waals surface area contributed by atoms with Gasteiger partial charge in [0.1, 0.15) is 0 Å². The first-order valence-electron chi connectivity index (χ1n) is 6.31. The van der Waals surface area contributed by atoms with E-state index in [-0.39, 0.29) is 13.1 Å². The van der Waals surface area contributed by atoms with Crippen molar-refractivity contribution >= 4 is 17.2 Å². The van der Waals surface area contributed by atoms with Crippen LogP contribution in [0.25, 0.3) is 11.1 Å². The first-order valence-corrected chi connectivity index (χ1v) is 6.31. The van der Waals surface area contributed by atoms with Gasteiger partial charge in [0.25, 0.3) is 0 Å². The molecule has 1 aliphatic rings. The van der Waals surface area contributed by atoms with E-state index in [1.807, 2.05) is 0 Å². The molecule has 3 rings (SSSR count). The van der Waals surface area contributed by atoms with E-state index < -0.39 is 17.5 Å². The van der Waals surface area contributed by atoms with E-state index in [1.54, 1.807) is 18.2 Å². The molecule has 0 saturated carbocycles. The number of carboxylic acid groups (broad SMARTS) is 1. The predicted molar refractivity (Wildman–Crippen MR) is 69.6 cm³/mol. The number of hydrogen-bond acceptors (Lipinski definition) is 4. The third-order valence-corrected chi connectivity index (χ3v) is 3.82. The number of aromatic amines is 1. The molecule has 7 heteroatoms. The molecule has 2 aromatic rings. The molecule has 20 heavy (non-hydrogen) atoms. The number of fused-ring (bicyclic) bond motifs is 1. The van der Waals surface area contributed by atoms with Crippen LogP contribution in [0.5, 0.6) is 0 Å². The summed E-state index contributed by atoms with van der Waals surface area (Å²) in [7, 11) is 0. The summed E-state index contributed by atoms with van der Waals surface area (Å²) in [4.78, 5) is 25.8. The lowest BCUT2D eigenvalue weighted by Gasteiger charge is -2.37. The number of aliphatic hydroxyl groups is 1. The number of likely N-dealkylation sites (tertiary alicyclic amines) is 1. The highest BCUT2D eigenvalue weighted by Crippen LogP contribution is 2.34. The zero-order valence-electron chi connectivity index (χ0n) is 10.6. The smallest absolute Gasteiger partial charge is 0.417 e. The number of piperidine rings is 1. The van der Waals surface area contributed by atoms with Gasteiger partial charge in [-0.2, -0.15) is 0 Å². The molecule has 0 aliphatic carbocycles. The minimum atomic E-state index is -1.09. The van der Waals surface area contributed by atoms with Gasteiger partial charge in [0, 0.05) is 13.1 Å². The van der Waals surface area contributed by atoms with E-state index in [4.69, 9.17) is 9.52 Å². The zero-order chi connectivity index (χ0) is 14.3. The van der Waals surface area contributed by atoms with Crippen LogP contribution in [0.1, 0.15) is 18.4 Å². The van der Waals surface area contributed by atoms with Gasteiger partial charge in [0.2, 0.25) is 0 Å². The molecule has 1 fully saturated rings. The van der Waals surface area contributed by atoms with Crippen LogP contribution in [-0.4, -0.2) is 39.3 Å². The maximum Gasteiger partial charge on any atom is 0.417 e. The molecule has 1 saturated heterocycles. The van der Waals surface area contributed by atoms with Crippen LogP contribution in [0.4, 0.5) is 4.79 Å². The van der Waals surface area contributed by atoms with E-state index in [1.165, 1.54) is 4.90 Å². The number of aromatic nitrogens is 1. The van der Waals surface area contributed by atoms with Gasteiger partial charge in [-0.25, -0.2) is 9.59 Å². The van der Waals surface area contributed by atoms with E-state index in [0.29, 0.717) is 29.5 Å². The molecular weight excluding hydrogens is 264 g/mol. The van der Waals surface area contributed by atoms with E-state index in [9.17, 15) is 14.7 Å². The number of H-pyrrole nitrogens is 1. The maximum atomic E-state index is 11.1. The molecule has 0 atom stereocenters. The normalized spacial score (nSPS) is 18.4. The van der Waals surface area contributed by atoms with Crippen molar-refractivity contribution in [1.82, 2.24) is 9.88 Å². The topological polar surface area (TPSA) is 107 Å². The fourth-order valence-corrected chi connectivity index (χ4v) is 2.59. The lowest BCUT2D eigenvalue weighted by atomic mass is 9.84. The number of nitrogens with zero attached hydrogens (tertiary/aromatic N) is 1. The first kappa shape index (κ1) is 12.7. The van der Waals surface area contributed by atoms with Gasteiger partial charge in [0.15, 0.2) is 5.58 Å². The predicted octanol–water partition coefficient (Wildman–Crippen LogP) is 1.08.